The Kier molecular flexibility index (Phi) is 10.2. The second-order valence-electron chi connectivity index (χ2n) is 18.0. The molecule has 0 saturated carbocycles. The van der Waals surface area contributed by atoms with Gasteiger partial charge in [-0.15, -0.1) is 0 Å². The largest absolute Gasteiger partial charge is 0.310 e. The Morgan fingerprint density at radius 2 is 0.714 bits per heavy atom. The summed E-state index contributed by atoms with van der Waals surface area (Å²) >= 11 is 0. The molecule has 1 heterocycles. The van der Waals surface area contributed by atoms with Gasteiger partial charge in [-0.2, -0.15) is 0 Å². The molecule has 0 amide bonds. The second kappa shape index (κ2) is 17.4. The van der Waals surface area contributed by atoms with Gasteiger partial charge in [-0.1, -0.05) is 212 Å². The molecule has 2 nitrogen and oxygen atoms in total. The summed E-state index contributed by atoms with van der Waals surface area (Å²) in [6.45, 7) is 0. The molecule has 0 saturated heterocycles. The van der Waals surface area contributed by atoms with Crippen LogP contribution in [0.15, 0.2) is 279 Å². The molecule has 70 heavy (non-hydrogen) atoms. The fourth-order valence-corrected chi connectivity index (χ4v) is 10.7. The molecular weight excluding hydrogens is 845 g/mol. The van der Waals surface area contributed by atoms with E-state index < -0.39 is 0 Å². The number of aromatic nitrogens is 1. The number of nitrogens with zero attached hydrogens (tertiary/aromatic N) is 2. The molecule has 12 aromatic carbocycles. The van der Waals surface area contributed by atoms with Gasteiger partial charge in [0.2, 0.25) is 0 Å². The molecule has 2 heteroatoms. The summed E-state index contributed by atoms with van der Waals surface area (Å²) in [5.41, 5.74) is 18.7. The summed E-state index contributed by atoms with van der Waals surface area (Å²) in [4.78, 5) is 2.39. The highest BCUT2D eigenvalue weighted by molar-refractivity contribution is 6.12. The maximum Gasteiger partial charge on any atom is 0.0541 e. The smallest absolute Gasteiger partial charge is 0.0541 e. The molecule has 0 aliphatic carbocycles. The van der Waals surface area contributed by atoms with Crippen molar-refractivity contribution in [3.63, 3.8) is 0 Å². The maximum absolute atomic E-state index is 2.39. The normalized spacial score (nSPS) is 11.4. The van der Waals surface area contributed by atoms with Crippen LogP contribution in [-0.2, 0) is 0 Å². The Bertz CT molecular complexity index is 4040. The number of hydrogen-bond donors (Lipinski definition) is 0. The molecule has 0 unspecified atom stereocenters. The van der Waals surface area contributed by atoms with Gasteiger partial charge in [-0.3, -0.25) is 0 Å². The standard InChI is InChI=1S/C68H46N2/c1-3-17-47(18-4-1)57-25-9-11-27-61(57)62-28-12-10-26-59(62)49-33-39-54(40-34-49)69(55-41-35-50(36-42-55)60-30-16-31-63-58-24-8-7-19-48(58)37-43-64(60)63)56-23-15-20-51(45-56)52-38-44-68-66(46-52)65-29-13-14-32-67(65)70(68)53-21-5-2-6-22-53/h1-46H. The number of fused-ring (bicyclic) bond motifs is 6. The summed E-state index contributed by atoms with van der Waals surface area (Å²) in [7, 11) is 0. The van der Waals surface area contributed by atoms with Gasteiger partial charge in [-0.05, 0) is 144 Å². The highest BCUT2D eigenvalue weighted by Crippen LogP contribution is 2.43. The summed E-state index contributed by atoms with van der Waals surface area (Å²) in [6.07, 6.45) is 0. The lowest BCUT2D eigenvalue weighted by Gasteiger charge is -2.27. The first kappa shape index (κ1) is 41.0. The quantitative estimate of drug-likeness (QED) is 0.131. The molecule has 0 aliphatic rings. The van der Waals surface area contributed by atoms with E-state index in [1.807, 2.05) is 0 Å². The molecule has 0 N–H and O–H groups in total. The molecule has 0 atom stereocenters. The highest BCUT2D eigenvalue weighted by atomic mass is 15.1. The number of rotatable bonds is 9. The monoisotopic (exact) mass is 890 g/mol. The fourth-order valence-electron chi connectivity index (χ4n) is 10.7. The molecule has 328 valence electrons. The summed E-state index contributed by atoms with van der Waals surface area (Å²) in [5, 5.41) is 7.53. The van der Waals surface area contributed by atoms with Crippen LogP contribution in [0.5, 0.6) is 0 Å². The van der Waals surface area contributed by atoms with Gasteiger partial charge < -0.3 is 9.47 Å². The van der Waals surface area contributed by atoms with E-state index in [-0.39, 0.29) is 0 Å². The fraction of sp³-hybridized carbons (Fsp3) is 0. The topological polar surface area (TPSA) is 8.17 Å². The van der Waals surface area contributed by atoms with Crippen LogP contribution in [-0.4, -0.2) is 4.57 Å². The van der Waals surface area contributed by atoms with Crippen molar-refractivity contribution in [2.45, 2.75) is 0 Å². The Morgan fingerprint density at radius 3 is 1.43 bits per heavy atom. The zero-order valence-electron chi connectivity index (χ0n) is 38.5. The predicted molar refractivity (Wildman–Crippen MR) is 298 cm³/mol. The van der Waals surface area contributed by atoms with E-state index >= 15 is 0 Å². The van der Waals surface area contributed by atoms with Crippen LogP contribution in [0.3, 0.4) is 0 Å². The van der Waals surface area contributed by atoms with Crippen molar-refractivity contribution >= 4 is 60.4 Å². The average molecular weight is 891 g/mol. The molecule has 0 spiro atoms. The third kappa shape index (κ3) is 7.22. The Balaban J connectivity index is 0.921. The van der Waals surface area contributed by atoms with Crippen LogP contribution < -0.4 is 4.90 Å². The van der Waals surface area contributed by atoms with E-state index in [2.05, 4.69) is 289 Å². The summed E-state index contributed by atoms with van der Waals surface area (Å²) < 4.78 is 2.38. The van der Waals surface area contributed by atoms with Gasteiger partial charge in [0.1, 0.15) is 0 Å². The van der Waals surface area contributed by atoms with Crippen LogP contribution >= 0.6 is 0 Å². The zero-order valence-corrected chi connectivity index (χ0v) is 38.5. The number of anilines is 3. The Labute approximate surface area is 408 Å². The van der Waals surface area contributed by atoms with Crippen molar-refractivity contribution in [2.75, 3.05) is 4.90 Å². The molecule has 0 bridgehead atoms. The first-order valence-electron chi connectivity index (χ1n) is 24.1. The van der Waals surface area contributed by atoms with Crippen molar-refractivity contribution in [1.82, 2.24) is 4.57 Å². The third-order valence-electron chi connectivity index (χ3n) is 14.0. The lowest BCUT2D eigenvalue weighted by molar-refractivity contribution is 1.18. The Hall–Kier alpha value is -9.24. The maximum atomic E-state index is 2.39. The van der Waals surface area contributed by atoms with Gasteiger partial charge in [0.15, 0.2) is 0 Å². The van der Waals surface area contributed by atoms with Gasteiger partial charge in [0.25, 0.3) is 0 Å². The van der Waals surface area contributed by atoms with E-state index in [0.717, 1.165) is 33.9 Å². The first-order valence-corrected chi connectivity index (χ1v) is 24.1. The van der Waals surface area contributed by atoms with E-state index in [4.69, 9.17) is 0 Å². The minimum atomic E-state index is 1.08. The van der Waals surface area contributed by atoms with Crippen molar-refractivity contribution in [1.29, 1.82) is 0 Å². The van der Waals surface area contributed by atoms with Gasteiger partial charge in [-0.25, -0.2) is 0 Å². The minimum Gasteiger partial charge on any atom is -0.310 e. The number of para-hydroxylation sites is 2. The average Bonchev–Trinajstić information content (AvgIpc) is 3.77. The SMILES string of the molecule is c1ccc(-c2ccccc2-c2ccccc2-c2ccc(N(c3ccc(-c4cccc5c4ccc4ccccc45)cc3)c3cccc(-c4ccc5c(c4)c4ccccc4n5-c4ccccc4)c3)cc2)cc1. The van der Waals surface area contributed by atoms with Crippen molar-refractivity contribution in [2.24, 2.45) is 0 Å². The Morgan fingerprint density at radius 1 is 0.229 bits per heavy atom. The molecule has 0 fully saturated rings. The van der Waals surface area contributed by atoms with Crippen LogP contribution in [0.2, 0.25) is 0 Å². The number of hydrogen-bond acceptors (Lipinski definition) is 1. The van der Waals surface area contributed by atoms with Gasteiger partial charge in [0, 0.05) is 33.5 Å². The van der Waals surface area contributed by atoms with Gasteiger partial charge >= 0.3 is 0 Å². The van der Waals surface area contributed by atoms with Crippen LogP contribution in [0.1, 0.15) is 0 Å². The summed E-state index contributed by atoms with van der Waals surface area (Å²) in [5.74, 6) is 0. The molecule has 13 aromatic rings. The first-order chi connectivity index (χ1) is 34.7. The zero-order chi connectivity index (χ0) is 46.4. The van der Waals surface area contributed by atoms with Crippen molar-refractivity contribution in [3.05, 3.63) is 279 Å². The van der Waals surface area contributed by atoms with Crippen LogP contribution in [0, 0.1) is 0 Å². The third-order valence-corrected chi connectivity index (χ3v) is 14.0. The van der Waals surface area contributed by atoms with E-state index in [9.17, 15) is 0 Å². The van der Waals surface area contributed by atoms with E-state index in [0.29, 0.717) is 0 Å². The second-order valence-corrected chi connectivity index (χ2v) is 18.0. The molecule has 0 radical (unpaired) electrons. The molecule has 0 aliphatic heterocycles. The molecular formula is C68H46N2. The lowest BCUT2D eigenvalue weighted by Crippen LogP contribution is -2.10. The molecule has 13 rings (SSSR count). The highest BCUT2D eigenvalue weighted by Gasteiger charge is 2.18. The predicted octanol–water partition coefficient (Wildman–Crippen LogP) is 18.9. The van der Waals surface area contributed by atoms with Crippen LogP contribution in [0.25, 0.3) is 105 Å². The van der Waals surface area contributed by atoms with Crippen molar-refractivity contribution in [3.8, 4) is 61.3 Å². The minimum absolute atomic E-state index is 1.08. The van der Waals surface area contributed by atoms with Gasteiger partial charge in [0.05, 0.1) is 11.0 Å². The van der Waals surface area contributed by atoms with E-state index in [1.165, 1.54) is 87.9 Å². The molecule has 1 aromatic heterocycles. The number of benzene rings is 12. The van der Waals surface area contributed by atoms with E-state index in [1.54, 1.807) is 0 Å². The van der Waals surface area contributed by atoms with Crippen LogP contribution in [0.4, 0.5) is 17.1 Å². The lowest BCUT2D eigenvalue weighted by atomic mass is 9.89. The summed E-state index contributed by atoms with van der Waals surface area (Å²) in [6, 6.07) is 102. The van der Waals surface area contributed by atoms with Crippen molar-refractivity contribution < 1.29 is 0 Å².